The predicted octanol–water partition coefficient (Wildman–Crippen LogP) is 2.91. The van der Waals surface area contributed by atoms with Crippen LogP contribution in [0.4, 0.5) is 10.1 Å². The number of aryl methyl sites for hydroxylation is 1. The molecule has 1 atom stereocenters. The standard InChI is InChI=1S/C20H21FN2O3/c1-13-8-9-17-16(10-13)23(4)19(25)20(2,26-17)18(24)22(3)12-14-6-5-7-15(21)11-14/h5-11H,12H2,1-4H3. The Balaban J connectivity index is 1.88. The van der Waals surface area contributed by atoms with Crippen molar-refractivity contribution in [3.63, 3.8) is 0 Å². The van der Waals surface area contributed by atoms with Crippen LogP contribution in [-0.2, 0) is 16.1 Å². The summed E-state index contributed by atoms with van der Waals surface area (Å²) in [6.07, 6.45) is 0. The van der Waals surface area contributed by atoms with Crippen molar-refractivity contribution in [3.8, 4) is 5.75 Å². The Labute approximate surface area is 152 Å². The monoisotopic (exact) mass is 356 g/mol. The third-order valence-corrected chi connectivity index (χ3v) is 4.57. The highest BCUT2D eigenvalue weighted by atomic mass is 19.1. The van der Waals surface area contributed by atoms with Crippen molar-refractivity contribution in [2.45, 2.75) is 26.0 Å². The molecule has 136 valence electrons. The highest BCUT2D eigenvalue weighted by Gasteiger charge is 2.50. The largest absolute Gasteiger partial charge is 0.465 e. The maximum Gasteiger partial charge on any atom is 0.280 e. The molecular formula is C20H21FN2O3. The van der Waals surface area contributed by atoms with Crippen LogP contribution in [0.15, 0.2) is 42.5 Å². The van der Waals surface area contributed by atoms with E-state index in [-0.39, 0.29) is 12.4 Å². The predicted molar refractivity (Wildman–Crippen MR) is 96.5 cm³/mol. The number of nitrogens with zero attached hydrogens (tertiary/aromatic N) is 2. The topological polar surface area (TPSA) is 49.9 Å². The molecule has 3 rings (SSSR count). The second-order valence-electron chi connectivity index (χ2n) is 6.76. The summed E-state index contributed by atoms with van der Waals surface area (Å²) in [6.45, 7) is 3.57. The normalized spacial score (nSPS) is 19.0. The van der Waals surface area contributed by atoms with Gasteiger partial charge in [-0.1, -0.05) is 18.2 Å². The first-order valence-electron chi connectivity index (χ1n) is 8.30. The number of hydrogen-bond donors (Lipinski definition) is 0. The maximum absolute atomic E-state index is 13.4. The summed E-state index contributed by atoms with van der Waals surface area (Å²) in [5.41, 5.74) is 0.592. The van der Waals surface area contributed by atoms with E-state index in [0.717, 1.165) is 5.56 Å². The van der Waals surface area contributed by atoms with Crippen LogP contribution in [0.1, 0.15) is 18.1 Å². The van der Waals surface area contributed by atoms with Crippen LogP contribution in [0.5, 0.6) is 5.75 Å². The highest BCUT2D eigenvalue weighted by molar-refractivity contribution is 6.16. The molecule has 0 fully saturated rings. The van der Waals surface area contributed by atoms with E-state index >= 15 is 0 Å². The van der Waals surface area contributed by atoms with Gasteiger partial charge in [-0.2, -0.15) is 0 Å². The number of ether oxygens (including phenoxy) is 1. The minimum Gasteiger partial charge on any atom is -0.465 e. The van der Waals surface area contributed by atoms with Crippen LogP contribution in [0.3, 0.4) is 0 Å². The molecule has 1 unspecified atom stereocenters. The Kier molecular flexibility index (Phi) is 4.44. The molecule has 26 heavy (non-hydrogen) atoms. The fourth-order valence-electron chi connectivity index (χ4n) is 3.15. The Morgan fingerprint density at radius 3 is 2.69 bits per heavy atom. The van der Waals surface area contributed by atoms with Gasteiger partial charge in [0.15, 0.2) is 0 Å². The van der Waals surface area contributed by atoms with Gasteiger partial charge in [0.1, 0.15) is 11.6 Å². The lowest BCUT2D eigenvalue weighted by molar-refractivity contribution is -0.155. The van der Waals surface area contributed by atoms with Crippen molar-refractivity contribution in [1.82, 2.24) is 4.90 Å². The van der Waals surface area contributed by atoms with Crippen LogP contribution in [0.2, 0.25) is 0 Å². The van der Waals surface area contributed by atoms with E-state index in [1.807, 2.05) is 19.1 Å². The second-order valence-corrected chi connectivity index (χ2v) is 6.76. The van der Waals surface area contributed by atoms with Crippen LogP contribution in [0.25, 0.3) is 0 Å². The van der Waals surface area contributed by atoms with Gasteiger partial charge in [0.25, 0.3) is 17.4 Å². The third kappa shape index (κ3) is 3.03. The van der Waals surface area contributed by atoms with Crippen molar-refractivity contribution in [2.75, 3.05) is 19.0 Å². The first-order chi connectivity index (χ1) is 12.2. The number of halogens is 1. The number of amides is 2. The molecule has 0 aliphatic carbocycles. The summed E-state index contributed by atoms with van der Waals surface area (Å²) >= 11 is 0. The molecule has 0 saturated carbocycles. The molecular weight excluding hydrogens is 335 g/mol. The molecule has 2 amide bonds. The Morgan fingerprint density at radius 2 is 2.00 bits per heavy atom. The zero-order chi connectivity index (χ0) is 19.1. The third-order valence-electron chi connectivity index (χ3n) is 4.57. The number of carbonyl (C=O) groups is 2. The van der Waals surface area contributed by atoms with Crippen LogP contribution in [-0.4, -0.2) is 36.4 Å². The van der Waals surface area contributed by atoms with E-state index < -0.39 is 17.4 Å². The molecule has 2 aromatic rings. The smallest absolute Gasteiger partial charge is 0.280 e. The van der Waals surface area contributed by atoms with E-state index in [1.54, 1.807) is 32.3 Å². The minimum atomic E-state index is -1.67. The van der Waals surface area contributed by atoms with E-state index in [4.69, 9.17) is 4.74 Å². The summed E-state index contributed by atoms with van der Waals surface area (Å²) in [5.74, 6) is -0.812. The van der Waals surface area contributed by atoms with Crippen molar-refractivity contribution in [1.29, 1.82) is 0 Å². The molecule has 0 bridgehead atoms. The van der Waals surface area contributed by atoms with Gasteiger partial charge in [-0.15, -0.1) is 0 Å². The molecule has 0 N–H and O–H groups in total. The lowest BCUT2D eigenvalue weighted by Gasteiger charge is -2.39. The van der Waals surface area contributed by atoms with Gasteiger partial charge in [-0.05, 0) is 49.2 Å². The lowest BCUT2D eigenvalue weighted by atomic mass is 9.99. The van der Waals surface area contributed by atoms with E-state index in [9.17, 15) is 14.0 Å². The van der Waals surface area contributed by atoms with Gasteiger partial charge in [0, 0.05) is 20.6 Å². The SMILES string of the molecule is Cc1ccc2c(c1)N(C)C(=O)C(C)(C(=O)N(C)Cc1cccc(F)c1)O2. The number of rotatable bonds is 3. The Bertz CT molecular complexity index is 883. The van der Waals surface area contributed by atoms with Crippen molar-refractivity contribution in [3.05, 3.63) is 59.4 Å². The molecule has 1 aliphatic heterocycles. The van der Waals surface area contributed by atoms with E-state index in [0.29, 0.717) is 17.0 Å². The van der Waals surface area contributed by atoms with E-state index in [1.165, 1.54) is 28.9 Å². The van der Waals surface area contributed by atoms with Gasteiger partial charge in [-0.3, -0.25) is 9.59 Å². The zero-order valence-electron chi connectivity index (χ0n) is 15.2. The van der Waals surface area contributed by atoms with Crippen molar-refractivity contribution < 1.29 is 18.7 Å². The number of anilines is 1. The lowest BCUT2D eigenvalue weighted by Crippen LogP contribution is -2.61. The molecule has 0 spiro atoms. The van der Waals surface area contributed by atoms with E-state index in [2.05, 4.69) is 0 Å². The van der Waals surface area contributed by atoms with Gasteiger partial charge < -0.3 is 14.5 Å². The molecule has 0 aromatic heterocycles. The number of carbonyl (C=O) groups excluding carboxylic acids is 2. The summed E-state index contributed by atoms with van der Waals surface area (Å²) in [5, 5.41) is 0. The average molecular weight is 356 g/mol. The second kappa shape index (κ2) is 6.44. The maximum atomic E-state index is 13.4. The minimum absolute atomic E-state index is 0.174. The van der Waals surface area contributed by atoms with Crippen molar-refractivity contribution >= 4 is 17.5 Å². The number of fused-ring (bicyclic) bond motifs is 1. The molecule has 1 aliphatic rings. The molecule has 2 aromatic carbocycles. The summed E-state index contributed by atoms with van der Waals surface area (Å²) < 4.78 is 19.2. The molecule has 6 heteroatoms. The summed E-state index contributed by atoms with van der Waals surface area (Å²) in [7, 11) is 3.20. The number of likely N-dealkylation sites (N-methyl/N-ethyl adjacent to an activating group) is 2. The first-order valence-corrected chi connectivity index (χ1v) is 8.30. The molecule has 1 heterocycles. The first kappa shape index (κ1) is 17.9. The van der Waals surface area contributed by atoms with Gasteiger partial charge in [0.2, 0.25) is 0 Å². The zero-order valence-corrected chi connectivity index (χ0v) is 15.2. The number of benzene rings is 2. The van der Waals surface area contributed by atoms with Gasteiger partial charge >= 0.3 is 0 Å². The fraction of sp³-hybridized carbons (Fsp3) is 0.300. The van der Waals surface area contributed by atoms with Crippen LogP contribution >= 0.6 is 0 Å². The Hall–Kier alpha value is -2.89. The molecule has 0 saturated heterocycles. The molecule has 5 nitrogen and oxygen atoms in total. The van der Waals surface area contributed by atoms with Gasteiger partial charge in [0.05, 0.1) is 5.69 Å². The average Bonchev–Trinajstić information content (AvgIpc) is 2.60. The van der Waals surface area contributed by atoms with Crippen LogP contribution in [0, 0.1) is 12.7 Å². The quantitative estimate of drug-likeness (QED) is 0.795. The van der Waals surface area contributed by atoms with Crippen LogP contribution < -0.4 is 9.64 Å². The number of hydrogen-bond acceptors (Lipinski definition) is 3. The summed E-state index contributed by atoms with van der Waals surface area (Å²) in [4.78, 5) is 28.7. The molecule has 0 radical (unpaired) electrons. The van der Waals surface area contributed by atoms with Crippen molar-refractivity contribution in [2.24, 2.45) is 0 Å². The van der Waals surface area contributed by atoms with Gasteiger partial charge in [-0.25, -0.2) is 4.39 Å². The fourth-order valence-corrected chi connectivity index (χ4v) is 3.15. The Morgan fingerprint density at radius 1 is 1.27 bits per heavy atom. The highest BCUT2D eigenvalue weighted by Crippen LogP contribution is 2.38. The summed E-state index contributed by atoms with van der Waals surface area (Å²) in [6, 6.07) is 11.5.